The Bertz CT molecular complexity index is 518. The summed E-state index contributed by atoms with van der Waals surface area (Å²) >= 11 is 12.1. The van der Waals surface area contributed by atoms with Gasteiger partial charge in [-0.25, -0.2) is 0 Å². The Morgan fingerprint density at radius 3 is 2.50 bits per heavy atom. The zero-order chi connectivity index (χ0) is 16.1. The van der Waals surface area contributed by atoms with Gasteiger partial charge in [0.1, 0.15) is 5.15 Å². The van der Waals surface area contributed by atoms with Gasteiger partial charge >= 0.3 is 0 Å². The van der Waals surface area contributed by atoms with Crippen LogP contribution >= 0.6 is 23.2 Å². The lowest BCUT2D eigenvalue weighted by atomic mass is 9.97. The van der Waals surface area contributed by atoms with E-state index in [0.717, 1.165) is 18.2 Å². The summed E-state index contributed by atoms with van der Waals surface area (Å²) in [5, 5.41) is 7.86. The van der Waals surface area contributed by atoms with E-state index < -0.39 is 0 Å². The molecule has 0 atom stereocenters. The van der Waals surface area contributed by atoms with Crippen LogP contribution in [0.2, 0.25) is 10.2 Å². The number of hydrogen-bond donors (Lipinski definition) is 2. The summed E-state index contributed by atoms with van der Waals surface area (Å²) in [7, 11) is 5.87. The molecule has 1 fully saturated rings. The highest BCUT2D eigenvalue weighted by Gasteiger charge is 2.16. The molecule has 2 heterocycles. The minimum atomic E-state index is 0.563. The molecule has 22 heavy (non-hydrogen) atoms. The average molecular weight is 346 g/mol. The van der Waals surface area contributed by atoms with Gasteiger partial charge in [0.05, 0.1) is 11.6 Å². The van der Waals surface area contributed by atoms with Crippen LogP contribution in [0, 0.1) is 5.92 Å². The lowest BCUT2D eigenvalue weighted by molar-refractivity contribution is 0.220. The SMILES string of the molecule is CN=C(NCc1cc(Cl)c(Cl)n1C)NCC1CCN(C)CC1. The number of piperidine rings is 1. The van der Waals surface area contributed by atoms with Crippen molar-refractivity contribution in [2.75, 3.05) is 33.7 Å². The van der Waals surface area contributed by atoms with Crippen LogP contribution in [0.25, 0.3) is 0 Å². The molecular formula is C15H25Cl2N5. The normalized spacial score (nSPS) is 17.8. The second-order valence-corrected chi connectivity index (χ2v) is 6.65. The van der Waals surface area contributed by atoms with E-state index in [1.54, 1.807) is 7.05 Å². The highest BCUT2D eigenvalue weighted by Crippen LogP contribution is 2.24. The number of nitrogens with one attached hydrogen (secondary N) is 2. The van der Waals surface area contributed by atoms with E-state index in [1.165, 1.54) is 25.9 Å². The summed E-state index contributed by atoms with van der Waals surface area (Å²) in [6.45, 7) is 3.95. The van der Waals surface area contributed by atoms with E-state index in [-0.39, 0.29) is 0 Å². The molecule has 2 N–H and O–H groups in total. The van der Waals surface area contributed by atoms with Gasteiger partial charge in [0.15, 0.2) is 5.96 Å². The van der Waals surface area contributed by atoms with Gasteiger partial charge in [0.2, 0.25) is 0 Å². The second-order valence-electron chi connectivity index (χ2n) is 5.89. The summed E-state index contributed by atoms with van der Waals surface area (Å²) in [5.41, 5.74) is 1.03. The van der Waals surface area contributed by atoms with Crippen molar-refractivity contribution in [2.24, 2.45) is 18.0 Å². The van der Waals surface area contributed by atoms with Gasteiger partial charge < -0.3 is 20.1 Å². The van der Waals surface area contributed by atoms with Crippen LogP contribution in [0.15, 0.2) is 11.1 Å². The van der Waals surface area contributed by atoms with Gasteiger partial charge in [0.25, 0.3) is 0 Å². The maximum Gasteiger partial charge on any atom is 0.191 e. The fraction of sp³-hybridized carbons (Fsp3) is 0.667. The Morgan fingerprint density at radius 2 is 1.95 bits per heavy atom. The Kier molecular flexibility index (Phi) is 6.41. The lowest BCUT2D eigenvalue weighted by Crippen LogP contribution is -2.42. The molecule has 0 unspecified atom stereocenters. The van der Waals surface area contributed by atoms with Crippen LogP contribution in [-0.4, -0.2) is 49.2 Å². The Morgan fingerprint density at radius 1 is 1.27 bits per heavy atom. The van der Waals surface area contributed by atoms with Crippen molar-refractivity contribution in [3.8, 4) is 0 Å². The van der Waals surface area contributed by atoms with Crippen LogP contribution in [0.1, 0.15) is 18.5 Å². The van der Waals surface area contributed by atoms with Crippen molar-refractivity contribution in [2.45, 2.75) is 19.4 Å². The zero-order valence-electron chi connectivity index (χ0n) is 13.5. The molecule has 7 heteroatoms. The van der Waals surface area contributed by atoms with E-state index in [1.807, 2.05) is 17.7 Å². The van der Waals surface area contributed by atoms with Crippen molar-refractivity contribution >= 4 is 29.2 Å². The average Bonchev–Trinajstić information content (AvgIpc) is 2.76. The largest absolute Gasteiger partial charge is 0.356 e. The Balaban J connectivity index is 1.79. The molecule has 1 aromatic rings. The first-order chi connectivity index (χ1) is 10.5. The molecule has 5 nitrogen and oxygen atoms in total. The monoisotopic (exact) mass is 345 g/mol. The van der Waals surface area contributed by atoms with Crippen LogP contribution in [-0.2, 0) is 13.6 Å². The van der Waals surface area contributed by atoms with Crippen molar-refractivity contribution in [3.63, 3.8) is 0 Å². The number of aromatic nitrogens is 1. The standard InChI is InChI=1S/C15H25Cl2N5/c1-18-15(19-9-11-4-6-21(2)7-5-11)20-10-12-8-13(16)14(17)22(12)3/h8,11H,4-7,9-10H2,1-3H3,(H2,18,19,20). The fourth-order valence-corrected chi connectivity index (χ4v) is 3.08. The Labute approximate surface area is 142 Å². The molecule has 0 radical (unpaired) electrons. The van der Waals surface area contributed by atoms with Crippen LogP contribution in [0.3, 0.4) is 0 Å². The van der Waals surface area contributed by atoms with Gasteiger partial charge in [-0.05, 0) is 45.0 Å². The predicted molar refractivity (Wildman–Crippen MR) is 93.9 cm³/mol. The van der Waals surface area contributed by atoms with E-state index in [4.69, 9.17) is 23.2 Å². The zero-order valence-corrected chi connectivity index (χ0v) is 15.0. The molecule has 1 aromatic heterocycles. The summed E-state index contributed by atoms with van der Waals surface area (Å²) in [4.78, 5) is 6.65. The number of guanidine groups is 1. The van der Waals surface area contributed by atoms with Crippen LogP contribution in [0.4, 0.5) is 0 Å². The van der Waals surface area contributed by atoms with Gasteiger partial charge in [-0.3, -0.25) is 4.99 Å². The number of halogens is 2. The molecule has 0 saturated carbocycles. The van der Waals surface area contributed by atoms with E-state index in [9.17, 15) is 0 Å². The van der Waals surface area contributed by atoms with Crippen LogP contribution < -0.4 is 10.6 Å². The second kappa shape index (κ2) is 8.09. The van der Waals surface area contributed by atoms with E-state index in [2.05, 4.69) is 27.6 Å². The summed E-state index contributed by atoms with van der Waals surface area (Å²) in [6.07, 6.45) is 2.48. The Hall–Kier alpha value is -0.910. The summed E-state index contributed by atoms with van der Waals surface area (Å²) in [6, 6.07) is 1.88. The molecule has 0 spiro atoms. The van der Waals surface area contributed by atoms with Crippen molar-refractivity contribution < 1.29 is 0 Å². The molecule has 0 bridgehead atoms. The molecule has 1 saturated heterocycles. The molecule has 1 aliphatic heterocycles. The van der Waals surface area contributed by atoms with E-state index >= 15 is 0 Å². The molecular weight excluding hydrogens is 321 g/mol. The number of likely N-dealkylation sites (tertiary alicyclic amines) is 1. The van der Waals surface area contributed by atoms with Crippen molar-refractivity contribution in [3.05, 3.63) is 21.9 Å². The van der Waals surface area contributed by atoms with Crippen LogP contribution in [0.5, 0.6) is 0 Å². The fourth-order valence-electron chi connectivity index (χ4n) is 2.66. The smallest absolute Gasteiger partial charge is 0.191 e. The molecule has 124 valence electrons. The first kappa shape index (κ1) is 17.4. The minimum Gasteiger partial charge on any atom is -0.356 e. The number of rotatable bonds is 4. The molecule has 0 aromatic carbocycles. The summed E-state index contributed by atoms with van der Waals surface area (Å²) < 4.78 is 1.88. The third-order valence-electron chi connectivity index (χ3n) is 4.27. The predicted octanol–water partition coefficient (Wildman–Crippen LogP) is 2.34. The highest BCUT2D eigenvalue weighted by atomic mass is 35.5. The van der Waals surface area contributed by atoms with E-state index in [0.29, 0.717) is 22.6 Å². The summed E-state index contributed by atoms with van der Waals surface area (Å²) in [5.74, 6) is 1.53. The molecule has 2 rings (SSSR count). The maximum absolute atomic E-state index is 6.08. The first-order valence-corrected chi connectivity index (χ1v) is 8.39. The molecule has 1 aliphatic rings. The number of aliphatic imine (C=N–C) groups is 1. The third-order valence-corrected chi connectivity index (χ3v) is 5.11. The van der Waals surface area contributed by atoms with Crippen molar-refractivity contribution in [1.29, 1.82) is 0 Å². The minimum absolute atomic E-state index is 0.563. The van der Waals surface area contributed by atoms with Gasteiger partial charge in [-0.15, -0.1) is 0 Å². The maximum atomic E-state index is 6.08. The van der Waals surface area contributed by atoms with Gasteiger partial charge in [0, 0.05) is 26.3 Å². The number of hydrogen-bond acceptors (Lipinski definition) is 2. The molecule has 0 amide bonds. The third kappa shape index (κ3) is 4.54. The van der Waals surface area contributed by atoms with Gasteiger partial charge in [-0.1, -0.05) is 23.2 Å². The van der Waals surface area contributed by atoms with Crippen molar-refractivity contribution in [1.82, 2.24) is 20.1 Å². The molecule has 0 aliphatic carbocycles. The highest BCUT2D eigenvalue weighted by molar-refractivity contribution is 6.41. The number of nitrogens with zero attached hydrogens (tertiary/aromatic N) is 3. The first-order valence-electron chi connectivity index (χ1n) is 7.64. The topological polar surface area (TPSA) is 44.6 Å². The quantitative estimate of drug-likeness (QED) is 0.650. The van der Waals surface area contributed by atoms with Gasteiger partial charge in [-0.2, -0.15) is 0 Å². The lowest BCUT2D eigenvalue weighted by Gasteiger charge is -2.29.